The number of pyridine rings is 1. The monoisotopic (exact) mass is 470 g/mol. The molecule has 10 heteroatoms. The smallest absolute Gasteiger partial charge is 0.332 e. The predicted octanol–water partition coefficient (Wildman–Crippen LogP) is 1.97. The summed E-state index contributed by atoms with van der Waals surface area (Å²) in [5.74, 6) is 1.65. The van der Waals surface area contributed by atoms with Gasteiger partial charge in [0.05, 0.1) is 11.1 Å². The van der Waals surface area contributed by atoms with E-state index in [2.05, 4.69) is 24.1 Å². The molecule has 4 rings (SSSR count). The van der Waals surface area contributed by atoms with Crippen molar-refractivity contribution in [2.24, 2.45) is 20.0 Å². The molecule has 33 heavy (non-hydrogen) atoms. The molecule has 3 heterocycles. The third-order valence-electron chi connectivity index (χ3n) is 5.40. The zero-order chi connectivity index (χ0) is 23.7. The number of ether oxygens (including phenoxy) is 2. The van der Waals surface area contributed by atoms with E-state index in [1.165, 1.54) is 23.4 Å². The van der Waals surface area contributed by atoms with Crippen LogP contribution in [-0.2, 0) is 31.9 Å². The highest BCUT2D eigenvalue weighted by atomic mass is 32.2. The summed E-state index contributed by atoms with van der Waals surface area (Å²) in [6.07, 6.45) is 2.41. The molecular weight excluding hydrogens is 444 g/mol. The van der Waals surface area contributed by atoms with Gasteiger partial charge in [0.1, 0.15) is 5.65 Å². The first-order valence-corrected chi connectivity index (χ1v) is 11.6. The summed E-state index contributed by atoms with van der Waals surface area (Å²) >= 11 is 1.29. The van der Waals surface area contributed by atoms with Crippen molar-refractivity contribution in [1.29, 1.82) is 0 Å². The second-order valence-corrected chi connectivity index (χ2v) is 9.35. The quantitative estimate of drug-likeness (QED) is 0.527. The van der Waals surface area contributed by atoms with E-state index in [0.29, 0.717) is 46.3 Å². The number of carbonyl (C=O) groups excluding carboxylic acids is 1. The normalized spacial score (nSPS) is 12.5. The number of nitrogens with zero attached hydrogens (tertiary/aromatic N) is 3. The van der Waals surface area contributed by atoms with Crippen LogP contribution in [0, 0.1) is 5.92 Å². The molecule has 0 saturated carbocycles. The minimum Gasteiger partial charge on any atom is -0.454 e. The summed E-state index contributed by atoms with van der Waals surface area (Å²) in [6, 6.07) is 5.54. The van der Waals surface area contributed by atoms with E-state index in [0.717, 1.165) is 15.7 Å². The number of nitrogens with one attached hydrogen (secondary N) is 1. The van der Waals surface area contributed by atoms with Gasteiger partial charge in [-0.05, 0) is 35.6 Å². The van der Waals surface area contributed by atoms with E-state index in [1.54, 1.807) is 13.2 Å². The molecule has 1 aliphatic rings. The van der Waals surface area contributed by atoms with Crippen LogP contribution in [0.25, 0.3) is 11.0 Å². The molecule has 0 radical (unpaired) electrons. The van der Waals surface area contributed by atoms with Gasteiger partial charge in [0, 0.05) is 31.7 Å². The predicted molar refractivity (Wildman–Crippen MR) is 126 cm³/mol. The van der Waals surface area contributed by atoms with Crippen LogP contribution < -0.4 is 26.0 Å². The number of hydrogen-bond donors (Lipinski definition) is 1. The minimum absolute atomic E-state index is 0.126. The molecule has 1 aromatic carbocycles. The maximum absolute atomic E-state index is 13.0. The fourth-order valence-electron chi connectivity index (χ4n) is 3.73. The average Bonchev–Trinajstić information content (AvgIpc) is 3.26. The molecule has 3 aromatic rings. The molecule has 1 amide bonds. The number of aryl methyl sites for hydroxylation is 1. The second kappa shape index (κ2) is 9.30. The van der Waals surface area contributed by atoms with Crippen molar-refractivity contribution in [3.63, 3.8) is 0 Å². The topological polar surface area (TPSA) is 104 Å². The van der Waals surface area contributed by atoms with Gasteiger partial charge in [-0.2, -0.15) is 0 Å². The third-order valence-corrected chi connectivity index (χ3v) is 6.56. The molecule has 2 aromatic heterocycles. The maximum Gasteiger partial charge on any atom is 0.332 e. The Labute approximate surface area is 194 Å². The Balaban J connectivity index is 1.57. The number of amides is 1. The highest BCUT2D eigenvalue weighted by molar-refractivity contribution is 8.00. The van der Waals surface area contributed by atoms with Crippen molar-refractivity contribution in [1.82, 2.24) is 19.4 Å². The Kier molecular flexibility index (Phi) is 6.46. The molecule has 1 aliphatic heterocycles. The summed E-state index contributed by atoms with van der Waals surface area (Å²) in [5, 5.41) is 3.27. The van der Waals surface area contributed by atoms with Crippen molar-refractivity contribution < 1.29 is 14.3 Å². The van der Waals surface area contributed by atoms with Gasteiger partial charge in [0.2, 0.25) is 12.7 Å². The standard InChI is InChI=1S/C23H26N4O5S/c1-13(2)7-15-10-25-21-19(22(29)27(4)23(30)26(21)3)20(15)33-11-18(28)24-9-14-5-6-16-17(8-14)32-12-31-16/h5-6,8,10,13H,7,9,11-12H2,1-4H3,(H,24,28). The summed E-state index contributed by atoms with van der Waals surface area (Å²) in [4.78, 5) is 43.0. The number of fused-ring (bicyclic) bond motifs is 2. The Morgan fingerprint density at radius 1 is 1.18 bits per heavy atom. The van der Waals surface area contributed by atoms with Crippen molar-refractivity contribution in [3.05, 3.63) is 56.4 Å². The highest BCUT2D eigenvalue weighted by Crippen LogP contribution is 2.32. The Morgan fingerprint density at radius 2 is 1.94 bits per heavy atom. The number of aromatic nitrogens is 3. The van der Waals surface area contributed by atoms with E-state index < -0.39 is 11.2 Å². The molecule has 9 nitrogen and oxygen atoms in total. The first kappa shape index (κ1) is 22.9. The van der Waals surface area contributed by atoms with Gasteiger partial charge >= 0.3 is 5.69 Å². The SMILES string of the molecule is CC(C)Cc1cnc2c(c1SCC(=O)NCc1ccc3c(c1)OCO3)c(=O)n(C)c(=O)n2C. The largest absolute Gasteiger partial charge is 0.454 e. The fourth-order valence-corrected chi connectivity index (χ4v) is 4.75. The molecule has 0 fully saturated rings. The zero-order valence-electron chi connectivity index (χ0n) is 19.0. The van der Waals surface area contributed by atoms with E-state index in [4.69, 9.17) is 9.47 Å². The van der Waals surface area contributed by atoms with E-state index in [1.807, 2.05) is 18.2 Å². The van der Waals surface area contributed by atoms with Crippen LogP contribution in [0.5, 0.6) is 11.5 Å². The molecule has 0 atom stereocenters. The number of hydrogen-bond acceptors (Lipinski definition) is 7. The van der Waals surface area contributed by atoms with E-state index >= 15 is 0 Å². The van der Waals surface area contributed by atoms with Crippen LogP contribution in [0.4, 0.5) is 0 Å². The summed E-state index contributed by atoms with van der Waals surface area (Å²) in [5.41, 5.74) is 1.26. The van der Waals surface area contributed by atoms with Gasteiger partial charge < -0.3 is 14.8 Å². The lowest BCUT2D eigenvalue weighted by Crippen LogP contribution is -2.37. The highest BCUT2D eigenvalue weighted by Gasteiger charge is 2.19. The lowest BCUT2D eigenvalue weighted by atomic mass is 10.0. The summed E-state index contributed by atoms with van der Waals surface area (Å²) < 4.78 is 13.1. The van der Waals surface area contributed by atoms with E-state index in [9.17, 15) is 14.4 Å². The van der Waals surface area contributed by atoms with Crippen molar-refractivity contribution in [2.75, 3.05) is 12.5 Å². The van der Waals surface area contributed by atoms with Crippen LogP contribution in [-0.4, -0.2) is 32.6 Å². The van der Waals surface area contributed by atoms with Gasteiger partial charge in [0.15, 0.2) is 11.5 Å². The van der Waals surface area contributed by atoms with Crippen molar-refractivity contribution in [3.8, 4) is 11.5 Å². The molecule has 0 saturated heterocycles. The second-order valence-electron chi connectivity index (χ2n) is 8.37. The van der Waals surface area contributed by atoms with Crippen molar-refractivity contribution in [2.45, 2.75) is 31.7 Å². The van der Waals surface area contributed by atoms with Gasteiger partial charge in [0.25, 0.3) is 5.56 Å². The molecule has 0 unspecified atom stereocenters. The number of thioether (sulfide) groups is 1. The van der Waals surface area contributed by atoms with E-state index in [-0.39, 0.29) is 18.5 Å². The van der Waals surface area contributed by atoms with Crippen LogP contribution >= 0.6 is 11.8 Å². The Bertz CT molecular complexity index is 1350. The van der Waals surface area contributed by atoms with Gasteiger partial charge in [-0.15, -0.1) is 11.8 Å². The maximum atomic E-state index is 13.0. The zero-order valence-corrected chi connectivity index (χ0v) is 19.8. The molecule has 0 spiro atoms. The molecule has 0 bridgehead atoms. The molecule has 1 N–H and O–H groups in total. The Hall–Kier alpha value is -3.27. The average molecular weight is 471 g/mol. The minimum atomic E-state index is -0.436. The van der Waals surface area contributed by atoms with Crippen LogP contribution in [0.2, 0.25) is 0 Å². The van der Waals surface area contributed by atoms with Gasteiger partial charge in [-0.3, -0.25) is 18.7 Å². The van der Waals surface area contributed by atoms with Gasteiger partial charge in [-0.1, -0.05) is 19.9 Å². The molecule has 0 aliphatic carbocycles. The summed E-state index contributed by atoms with van der Waals surface area (Å²) in [7, 11) is 3.04. The third kappa shape index (κ3) is 4.61. The van der Waals surface area contributed by atoms with Crippen LogP contribution in [0.1, 0.15) is 25.0 Å². The first-order valence-electron chi connectivity index (χ1n) is 10.6. The first-order chi connectivity index (χ1) is 15.8. The summed E-state index contributed by atoms with van der Waals surface area (Å²) in [6.45, 7) is 4.71. The fraction of sp³-hybridized carbons (Fsp3) is 0.391. The number of rotatable bonds is 7. The van der Waals surface area contributed by atoms with Crippen molar-refractivity contribution >= 4 is 28.7 Å². The number of benzene rings is 1. The van der Waals surface area contributed by atoms with Gasteiger partial charge in [-0.25, -0.2) is 9.78 Å². The molecule has 174 valence electrons. The number of carbonyl (C=O) groups is 1. The van der Waals surface area contributed by atoms with Crippen LogP contribution in [0.3, 0.4) is 0 Å². The Morgan fingerprint density at radius 3 is 2.70 bits per heavy atom. The van der Waals surface area contributed by atoms with Crippen LogP contribution in [0.15, 0.2) is 38.9 Å². The lowest BCUT2D eigenvalue weighted by molar-refractivity contribution is -0.118. The lowest BCUT2D eigenvalue weighted by Gasteiger charge is -2.15. The molecular formula is C23H26N4O5S.